The Labute approximate surface area is 178 Å². The number of halogens is 1. The van der Waals surface area contributed by atoms with Crippen molar-refractivity contribution in [3.8, 4) is 11.5 Å². The molecule has 2 N–H and O–H groups in total. The van der Waals surface area contributed by atoms with E-state index < -0.39 is 0 Å². The van der Waals surface area contributed by atoms with E-state index in [1.807, 2.05) is 30.3 Å². The number of benzene rings is 2. The molecular formula is C22H19ClN4O3. The molecule has 0 saturated carbocycles. The predicted octanol–water partition coefficient (Wildman–Crippen LogP) is 3.90. The molecule has 2 aromatic carbocycles. The molecule has 0 aliphatic carbocycles. The summed E-state index contributed by atoms with van der Waals surface area (Å²) in [5.74, 6) is 1.30. The van der Waals surface area contributed by atoms with Crippen LogP contribution < -0.4 is 20.1 Å². The van der Waals surface area contributed by atoms with Crippen LogP contribution in [0.15, 0.2) is 71.9 Å². The second-order valence-electron chi connectivity index (χ2n) is 6.43. The van der Waals surface area contributed by atoms with Gasteiger partial charge >= 0.3 is 0 Å². The molecule has 4 rings (SSSR count). The van der Waals surface area contributed by atoms with Crippen LogP contribution in [0.5, 0.6) is 11.5 Å². The summed E-state index contributed by atoms with van der Waals surface area (Å²) in [6, 6.07) is 17.7. The molecule has 0 fully saturated rings. The summed E-state index contributed by atoms with van der Waals surface area (Å²) < 4.78 is 11.2. The first-order valence-electron chi connectivity index (χ1n) is 9.35. The Morgan fingerprint density at radius 2 is 1.83 bits per heavy atom. The van der Waals surface area contributed by atoms with E-state index in [0.29, 0.717) is 47.5 Å². The van der Waals surface area contributed by atoms with Gasteiger partial charge in [0.1, 0.15) is 13.2 Å². The smallest absolute Gasteiger partial charge is 0.257 e. The van der Waals surface area contributed by atoms with Gasteiger partial charge in [-0.2, -0.15) is 0 Å². The number of carbonyl (C=O) groups is 1. The summed E-state index contributed by atoms with van der Waals surface area (Å²) in [6.07, 6.45) is 1.70. The van der Waals surface area contributed by atoms with Gasteiger partial charge in [0, 0.05) is 28.5 Å². The molecule has 0 saturated heterocycles. The second-order valence-corrected chi connectivity index (χ2v) is 6.87. The zero-order valence-corrected chi connectivity index (χ0v) is 16.7. The van der Waals surface area contributed by atoms with Crippen molar-refractivity contribution in [2.75, 3.05) is 18.5 Å². The Morgan fingerprint density at radius 1 is 1.03 bits per heavy atom. The Balaban J connectivity index is 1.55. The average Bonchev–Trinajstić information content (AvgIpc) is 2.78. The first-order valence-corrected chi connectivity index (χ1v) is 9.73. The Morgan fingerprint density at radius 3 is 2.60 bits per heavy atom. The molecule has 2 heterocycles. The van der Waals surface area contributed by atoms with Gasteiger partial charge in [-0.05, 0) is 48.5 Å². The molecule has 1 aromatic heterocycles. The van der Waals surface area contributed by atoms with Crippen LogP contribution in [-0.2, 0) is 6.54 Å². The minimum absolute atomic E-state index is 0.289. The third-order valence-corrected chi connectivity index (χ3v) is 4.52. The van der Waals surface area contributed by atoms with Crippen molar-refractivity contribution in [1.29, 1.82) is 0 Å². The molecule has 3 aromatic rings. The zero-order valence-electron chi connectivity index (χ0n) is 16.0. The molecule has 7 nitrogen and oxygen atoms in total. The van der Waals surface area contributed by atoms with Crippen molar-refractivity contribution < 1.29 is 14.3 Å². The number of nitrogens with one attached hydrogen (secondary N) is 2. The van der Waals surface area contributed by atoms with Gasteiger partial charge in [0.15, 0.2) is 11.5 Å². The number of amides is 1. The molecule has 8 heteroatoms. The second kappa shape index (κ2) is 9.28. The summed E-state index contributed by atoms with van der Waals surface area (Å²) in [4.78, 5) is 21.4. The minimum Gasteiger partial charge on any atom is -0.486 e. The van der Waals surface area contributed by atoms with E-state index >= 15 is 0 Å². The van der Waals surface area contributed by atoms with Gasteiger partial charge in [0.25, 0.3) is 5.91 Å². The number of aliphatic imine (C=N–C) groups is 1. The van der Waals surface area contributed by atoms with Gasteiger partial charge in [-0.15, -0.1) is 0 Å². The van der Waals surface area contributed by atoms with E-state index in [0.717, 1.165) is 5.69 Å². The third kappa shape index (κ3) is 5.07. The summed E-state index contributed by atoms with van der Waals surface area (Å²) in [5, 5.41) is 6.51. The van der Waals surface area contributed by atoms with Gasteiger partial charge in [-0.1, -0.05) is 17.7 Å². The largest absolute Gasteiger partial charge is 0.486 e. The highest BCUT2D eigenvalue weighted by Crippen LogP contribution is 2.32. The molecule has 0 atom stereocenters. The standard InChI is InChI=1S/C22H19ClN4O3/c23-16-6-4-15(5-7-16)21(28)27-22(25-14-18-3-1-2-10-24-18)26-17-8-9-19-20(13-17)30-12-11-29-19/h1-10,13H,11-12,14H2,(H2,25,26,27,28). The third-order valence-electron chi connectivity index (χ3n) is 4.27. The molecule has 0 bridgehead atoms. The van der Waals surface area contributed by atoms with E-state index in [2.05, 4.69) is 20.6 Å². The van der Waals surface area contributed by atoms with E-state index in [4.69, 9.17) is 21.1 Å². The maximum Gasteiger partial charge on any atom is 0.257 e. The SMILES string of the molecule is O=C(NC(=NCc1ccccn1)Nc1ccc2c(c1)OCCO2)c1ccc(Cl)cc1. The average molecular weight is 423 g/mol. The predicted molar refractivity (Wildman–Crippen MR) is 115 cm³/mol. The summed E-state index contributed by atoms with van der Waals surface area (Å²) in [6.45, 7) is 1.31. The number of carbonyl (C=O) groups excluding carboxylic acids is 1. The number of rotatable bonds is 4. The topological polar surface area (TPSA) is 84.8 Å². The first kappa shape index (κ1) is 19.7. The van der Waals surface area contributed by atoms with Crippen LogP contribution in [0.4, 0.5) is 5.69 Å². The Bertz CT molecular complexity index is 1060. The molecule has 1 aliphatic rings. The van der Waals surface area contributed by atoms with Crippen molar-refractivity contribution in [2.45, 2.75) is 6.54 Å². The summed E-state index contributed by atoms with van der Waals surface area (Å²) in [7, 11) is 0. The molecule has 0 unspecified atom stereocenters. The lowest BCUT2D eigenvalue weighted by atomic mass is 10.2. The maximum absolute atomic E-state index is 12.7. The lowest BCUT2D eigenvalue weighted by Crippen LogP contribution is -2.36. The first-order chi connectivity index (χ1) is 14.7. The number of hydrogen-bond donors (Lipinski definition) is 2. The van der Waals surface area contributed by atoms with Gasteiger partial charge in [-0.25, -0.2) is 4.99 Å². The Kier molecular flexibility index (Phi) is 6.10. The number of anilines is 1. The van der Waals surface area contributed by atoms with Crippen LogP contribution in [0, 0.1) is 0 Å². The quantitative estimate of drug-likeness (QED) is 0.492. The van der Waals surface area contributed by atoms with Crippen LogP contribution in [0.25, 0.3) is 0 Å². The fourth-order valence-electron chi connectivity index (χ4n) is 2.80. The fourth-order valence-corrected chi connectivity index (χ4v) is 2.93. The number of fused-ring (bicyclic) bond motifs is 1. The Hall–Kier alpha value is -3.58. The van der Waals surface area contributed by atoms with E-state index in [-0.39, 0.29) is 11.9 Å². The van der Waals surface area contributed by atoms with Crippen molar-refractivity contribution >= 4 is 29.2 Å². The minimum atomic E-state index is -0.309. The summed E-state index contributed by atoms with van der Waals surface area (Å²) in [5.41, 5.74) is 1.95. The highest BCUT2D eigenvalue weighted by atomic mass is 35.5. The number of aromatic nitrogens is 1. The van der Waals surface area contributed by atoms with Crippen LogP contribution >= 0.6 is 11.6 Å². The van der Waals surface area contributed by atoms with Gasteiger partial charge in [0.05, 0.1) is 12.2 Å². The fraction of sp³-hybridized carbons (Fsp3) is 0.136. The molecule has 1 aliphatic heterocycles. The zero-order chi connectivity index (χ0) is 20.8. The van der Waals surface area contributed by atoms with Crippen molar-refractivity contribution in [3.05, 3.63) is 83.1 Å². The van der Waals surface area contributed by atoms with Crippen LogP contribution in [0.3, 0.4) is 0 Å². The monoisotopic (exact) mass is 422 g/mol. The van der Waals surface area contributed by atoms with E-state index in [1.165, 1.54) is 0 Å². The van der Waals surface area contributed by atoms with Crippen molar-refractivity contribution in [1.82, 2.24) is 10.3 Å². The normalized spacial score (nSPS) is 12.9. The molecule has 30 heavy (non-hydrogen) atoms. The number of ether oxygens (including phenoxy) is 2. The number of hydrogen-bond acceptors (Lipinski definition) is 5. The summed E-state index contributed by atoms with van der Waals surface area (Å²) >= 11 is 5.91. The highest BCUT2D eigenvalue weighted by Gasteiger charge is 2.14. The number of pyridine rings is 1. The van der Waals surface area contributed by atoms with Gasteiger partial charge < -0.3 is 14.8 Å². The van der Waals surface area contributed by atoms with Crippen molar-refractivity contribution in [3.63, 3.8) is 0 Å². The molecule has 0 radical (unpaired) electrons. The molecular weight excluding hydrogens is 404 g/mol. The van der Waals surface area contributed by atoms with Gasteiger partial charge in [-0.3, -0.25) is 15.1 Å². The molecule has 152 valence electrons. The van der Waals surface area contributed by atoms with Crippen LogP contribution in [0.1, 0.15) is 16.1 Å². The highest BCUT2D eigenvalue weighted by molar-refractivity contribution is 6.30. The van der Waals surface area contributed by atoms with E-state index in [1.54, 1.807) is 36.5 Å². The van der Waals surface area contributed by atoms with Crippen LogP contribution in [-0.4, -0.2) is 30.1 Å². The maximum atomic E-state index is 12.7. The van der Waals surface area contributed by atoms with E-state index in [9.17, 15) is 4.79 Å². The lowest BCUT2D eigenvalue weighted by Gasteiger charge is -2.19. The lowest BCUT2D eigenvalue weighted by molar-refractivity contribution is 0.0977. The van der Waals surface area contributed by atoms with Crippen molar-refractivity contribution in [2.24, 2.45) is 4.99 Å². The number of nitrogens with zero attached hydrogens (tertiary/aromatic N) is 2. The van der Waals surface area contributed by atoms with Crippen LogP contribution in [0.2, 0.25) is 5.02 Å². The molecule has 0 spiro atoms. The van der Waals surface area contributed by atoms with Gasteiger partial charge in [0.2, 0.25) is 5.96 Å². The molecule has 1 amide bonds. The number of guanidine groups is 1.